The molecule has 1 aromatic rings. The lowest BCUT2D eigenvalue weighted by Crippen LogP contribution is -2.04. The van der Waals surface area contributed by atoms with Crippen LogP contribution in [0.3, 0.4) is 0 Å². The molecule has 72 valence electrons. The maximum Gasteiger partial charge on any atom is 0.174 e. The smallest absolute Gasteiger partial charge is 0.174 e. The molecule has 13 heavy (non-hydrogen) atoms. The van der Waals surface area contributed by atoms with Crippen LogP contribution in [0.25, 0.3) is 0 Å². The summed E-state index contributed by atoms with van der Waals surface area (Å²) in [5, 5.41) is 0. The van der Waals surface area contributed by atoms with Gasteiger partial charge in [0.15, 0.2) is 5.78 Å². The fourth-order valence-corrected chi connectivity index (χ4v) is 1.94. The zero-order valence-corrected chi connectivity index (χ0v) is 8.93. The number of Topliss-reactive ketones (excluding diaryl/α,β-unsaturated/α-hetero) is 1. The predicted molar refractivity (Wildman–Crippen MR) is 55.1 cm³/mol. The van der Waals surface area contributed by atoms with Gasteiger partial charge in [-0.15, -0.1) is 11.3 Å². The molecule has 0 bridgehead atoms. The number of hydrogen-bond acceptors (Lipinski definition) is 3. The fraction of sp³-hybridized carbons (Fsp3) is 0.600. The van der Waals surface area contributed by atoms with Crippen molar-refractivity contribution in [3.05, 3.63) is 16.6 Å². The van der Waals surface area contributed by atoms with E-state index < -0.39 is 0 Å². The molecule has 0 aromatic carbocycles. The van der Waals surface area contributed by atoms with Gasteiger partial charge < -0.3 is 0 Å². The summed E-state index contributed by atoms with van der Waals surface area (Å²) in [6.07, 6.45) is 4.60. The average molecular weight is 197 g/mol. The molecule has 1 atom stereocenters. The van der Waals surface area contributed by atoms with Crippen LogP contribution in [0.5, 0.6) is 0 Å². The molecule has 2 nitrogen and oxygen atoms in total. The van der Waals surface area contributed by atoms with Gasteiger partial charge in [0.2, 0.25) is 0 Å². The Balaban J connectivity index is 2.42. The van der Waals surface area contributed by atoms with Crippen molar-refractivity contribution in [1.29, 1.82) is 0 Å². The molecular weight excluding hydrogens is 182 g/mol. The van der Waals surface area contributed by atoms with E-state index in [9.17, 15) is 4.79 Å². The molecule has 0 aliphatic carbocycles. The highest BCUT2D eigenvalue weighted by Crippen LogP contribution is 2.16. The van der Waals surface area contributed by atoms with E-state index in [0.717, 1.165) is 17.7 Å². The number of ketones is 1. The third kappa shape index (κ3) is 3.27. The van der Waals surface area contributed by atoms with E-state index in [1.54, 1.807) is 11.7 Å². The number of nitrogens with zero attached hydrogens (tertiary/aromatic N) is 1. The molecule has 0 aliphatic heterocycles. The predicted octanol–water partition coefficient (Wildman–Crippen LogP) is 3.15. The Hall–Kier alpha value is -0.700. The van der Waals surface area contributed by atoms with Crippen molar-refractivity contribution in [1.82, 2.24) is 4.98 Å². The first kappa shape index (κ1) is 10.4. The second-order valence-corrected chi connectivity index (χ2v) is 4.27. The Morgan fingerprint density at radius 1 is 1.69 bits per heavy atom. The molecule has 0 amide bonds. The summed E-state index contributed by atoms with van der Waals surface area (Å²) in [4.78, 5) is 16.3. The molecular formula is C10H15NOS. The molecule has 1 rings (SSSR count). The van der Waals surface area contributed by atoms with E-state index in [1.165, 1.54) is 11.3 Å². The van der Waals surface area contributed by atoms with Crippen molar-refractivity contribution in [2.45, 2.75) is 33.1 Å². The summed E-state index contributed by atoms with van der Waals surface area (Å²) in [6.45, 7) is 4.27. The quantitative estimate of drug-likeness (QED) is 0.679. The van der Waals surface area contributed by atoms with Crippen molar-refractivity contribution in [2.24, 2.45) is 5.92 Å². The first-order valence-electron chi connectivity index (χ1n) is 4.65. The van der Waals surface area contributed by atoms with Crippen LogP contribution in [-0.4, -0.2) is 10.8 Å². The molecule has 0 saturated heterocycles. The minimum atomic E-state index is 0.239. The fourth-order valence-electron chi connectivity index (χ4n) is 1.37. The number of rotatable bonds is 5. The monoisotopic (exact) mass is 197 g/mol. The van der Waals surface area contributed by atoms with Crippen LogP contribution in [0, 0.1) is 5.92 Å². The van der Waals surface area contributed by atoms with Gasteiger partial charge in [0.1, 0.15) is 0 Å². The van der Waals surface area contributed by atoms with Gasteiger partial charge in [0, 0.05) is 12.6 Å². The van der Waals surface area contributed by atoms with Gasteiger partial charge >= 0.3 is 0 Å². The van der Waals surface area contributed by atoms with Gasteiger partial charge in [-0.2, -0.15) is 0 Å². The molecule has 0 radical (unpaired) electrons. The van der Waals surface area contributed by atoms with Crippen LogP contribution in [0.4, 0.5) is 0 Å². The van der Waals surface area contributed by atoms with Crippen LogP contribution in [-0.2, 0) is 0 Å². The summed E-state index contributed by atoms with van der Waals surface area (Å²) >= 11 is 1.43. The van der Waals surface area contributed by atoms with Gasteiger partial charge in [-0.1, -0.05) is 26.7 Å². The molecule has 1 heterocycles. The second-order valence-electron chi connectivity index (χ2n) is 3.39. The van der Waals surface area contributed by atoms with Crippen molar-refractivity contribution >= 4 is 17.1 Å². The zero-order chi connectivity index (χ0) is 9.68. The van der Waals surface area contributed by atoms with Gasteiger partial charge in [-0.05, 0) is 5.92 Å². The molecule has 0 N–H and O–H groups in total. The molecule has 0 aliphatic rings. The minimum Gasteiger partial charge on any atom is -0.293 e. The molecule has 3 heteroatoms. The summed E-state index contributed by atoms with van der Waals surface area (Å²) in [5.74, 6) is 0.739. The van der Waals surface area contributed by atoms with Crippen LogP contribution in [0.2, 0.25) is 0 Å². The van der Waals surface area contributed by atoms with Crippen molar-refractivity contribution in [2.75, 3.05) is 0 Å². The number of aromatic nitrogens is 1. The molecule has 1 aromatic heterocycles. The second kappa shape index (κ2) is 5.12. The lowest BCUT2D eigenvalue weighted by Gasteiger charge is -2.06. The third-order valence-electron chi connectivity index (χ3n) is 2.02. The minimum absolute atomic E-state index is 0.239. The summed E-state index contributed by atoms with van der Waals surface area (Å²) in [5.41, 5.74) is 1.71. The topological polar surface area (TPSA) is 30.0 Å². The van der Waals surface area contributed by atoms with E-state index in [4.69, 9.17) is 0 Å². The highest BCUT2D eigenvalue weighted by Gasteiger charge is 2.11. The summed E-state index contributed by atoms with van der Waals surface area (Å²) in [6, 6.07) is 0. The Morgan fingerprint density at radius 3 is 3.00 bits per heavy atom. The Morgan fingerprint density at radius 2 is 2.46 bits per heavy atom. The number of carbonyl (C=O) groups excluding carboxylic acids is 1. The molecule has 0 spiro atoms. The van der Waals surface area contributed by atoms with Gasteiger partial charge in [0.25, 0.3) is 0 Å². The van der Waals surface area contributed by atoms with Crippen LogP contribution < -0.4 is 0 Å². The Kier molecular flexibility index (Phi) is 4.09. The standard InChI is InChI=1S/C10H15NOS/c1-3-4-8(2)5-9(12)10-6-11-7-13-10/h6-8H,3-5H2,1-2H3. The molecule has 0 saturated carbocycles. The largest absolute Gasteiger partial charge is 0.293 e. The third-order valence-corrected chi connectivity index (χ3v) is 2.84. The van der Waals surface area contributed by atoms with Crippen molar-refractivity contribution in [3.8, 4) is 0 Å². The average Bonchev–Trinajstić information content (AvgIpc) is 2.55. The van der Waals surface area contributed by atoms with E-state index >= 15 is 0 Å². The summed E-state index contributed by atoms with van der Waals surface area (Å²) in [7, 11) is 0. The van der Waals surface area contributed by atoms with Crippen molar-refractivity contribution < 1.29 is 4.79 Å². The van der Waals surface area contributed by atoms with E-state index in [2.05, 4.69) is 18.8 Å². The number of hydrogen-bond donors (Lipinski definition) is 0. The molecule has 0 fully saturated rings. The zero-order valence-electron chi connectivity index (χ0n) is 8.12. The Labute approximate surface area is 83.0 Å². The van der Waals surface area contributed by atoms with Crippen LogP contribution >= 0.6 is 11.3 Å². The van der Waals surface area contributed by atoms with E-state index in [-0.39, 0.29) is 5.78 Å². The maximum atomic E-state index is 11.6. The lowest BCUT2D eigenvalue weighted by atomic mass is 9.99. The van der Waals surface area contributed by atoms with Gasteiger partial charge in [-0.25, -0.2) is 0 Å². The SMILES string of the molecule is CCCC(C)CC(=O)c1cncs1. The van der Waals surface area contributed by atoms with Crippen LogP contribution in [0.1, 0.15) is 42.8 Å². The highest BCUT2D eigenvalue weighted by atomic mass is 32.1. The summed E-state index contributed by atoms with van der Waals surface area (Å²) < 4.78 is 0. The van der Waals surface area contributed by atoms with E-state index in [0.29, 0.717) is 12.3 Å². The first-order chi connectivity index (χ1) is 6.24. The van der Waals surface area contributed by atoms with Gasteiger partial charge in [-0.3, -0.25) is 9.78 Å². The molecule has 1 unspecified atom stereocenters. The first-order valence-corrected chi connectivity index (χ1v) is 5.53. The normalized spacial score (nSPS) is 12.8. The van der Waals surface area contributed by atoms with Crippen LogP contribution in [0.15, 0.2) is 11.7 Å². The highest BCUT2D eigenvalue weighted by molar-refractivity contribution is 7.11. The van der Waals surface area contributed by atoms with Gasteiger partial charge in [0.05, 0.1) is 10.4 Å². The lowest BCUT2D eigenvalue weighted by molar-refractivity contribution is 0.0966. The number of carbonyl (C=O) groups is 1. The van der Waals surface area contributed by atoms with E-state index in [1.807, 2.05) is 0 Å². The Bertz CT molecular complexity index is 256. The maximum absolute atomic E-state index is 11.6. The number of thiazole rings is 1. The van der Waals surface area contributed by atoms with Crippen molar-refractivity contribution in [3.63, 3.8) is 0 Å².